The Morgan fingerprint density at radius 1 is 1.15 bits per heavy atom. The van der Waals surface area contributed by atoms with Gasteiger partial charge in [0.15, 0.2) is 0 Å². The Morgan fingerprint density at radius 3 is 2.70 bits per heavy atom. The lowest BCUT2D eigenvalue weighted by molar-refractivity contribution is -0.135. The van der Waals surface area contributed by atoms with Gasteiger partial charge >= 0.3 is 0 Å². The van der Waals surface area contributed by atoms with E-state index in [0.29, 0.717) is 0 Å². The second-order valence-electron chi connectivity index (χ2n) is 7.10. The zero-order chi connectivity index (χ0) is 18.8. The number of piperidine rings is 1. The monoisotopic (exact) mass is 382 g/mol. The molecule has 1 aromatic carbocycles. The van der Waals surface area contributed by atoms with Gasteiger partial charge in [-0.05, 0) is 60.6 Å². The van der Waals surface area contributed by atoms with E-state index in [2.05, 4.69) is 18.2 Å². The Balaban J connectivity index is 1.77. The van der Waals surface area contributed by atoms with Crippen molar-refractivity contribution in [1.82, 2.24) is 9.88 Å². The average Bonchev–Trinajstić information content (AvgIpc) is 2.85. The fraction of sp³-hybridized carbons (Fsp3) is 0.364. The van der Waals surface area contributed by atoms with Crippen molar-refractivity contribution in [2.24, 2.45) is 0 Å². The van der Waals surface area contributed by atoms with E-state index in [1.807, 2.05) is 23.2 Å². The molecule has 0 N–H and O–H groups in total. The highest BCUT2D eigenvalue weighted by molar-refractivity contribution is 6.30. The number of aryl methyl sites for hydroxylation is 2. The van der Waals surface area contributed by atoms with Crippen molar-refractivity contribution in [3.05, 3.63) is 69.5 Å². The number of hydrogen-bond donors (Lipinski definition) is 0. The molecule has 1 aliphatic heterocycles. The molecule has 0 saturated carbocycles. The maximum absolute atomic E-state index is 12.1. The Hall–Kier alpha value is -2.17. The van der Waals surface area contributed by atoms with Gasteiger partial charge in [0.05, 0.1) is 5.69 Å². The quantitative estimate of drug-likeness (QED) is 0.791. The van der Waals surface area contributed by atoms with Crippen LogP contribution in [-0.4, -0.2) is 42.6 Å². The number of rotatable bonds is 2. The number of carbonyl (C=O) groups is 1. The van der Waals surface area contributed by atoms with Gasteiger partial charge in [-0.2, -0.15) is 0 Å². The summed E-state index contributed by atoms with van der Waals surface area (Å²) in [5.41, 5.74) is 7.46. The summed E-state index contributed by atoms with van der Waals surface area (Å²) in [6.45, 7) is 1.59. The highest BCUT2D eigenvalue weighted by Crippen LogP contribution is 2.38. The smallest absolute Gasteiger partial charge is 0.248 e. The molecule has 1 aromatic heterocycles. The Labute approximate surface area is 164 Å². The molecular formula is C22H23ClN2O2. The van der Waals surface area contributed by atoms with E-state index < -0.39 is 0 Å². The van der Waals surface area contributed by atoms with Crippen molar-refractivity contribution in [2.75, 3.05) is 26.8 Å². The van der Waals surface area contributed by atoms with Gasteiger partial charge < -0.3 is 9.64 Å². The highest BCUT2D eigenvalue weighted by Gasteiger charge is 2.26. The first kappa shape index (κ1) is 18.2. The number of ether oxygens (including phenoxy) is 1. The van der Waals surface area contributed by atoms with Gasteiger partial charge in [-0.15, -0.1) is 0 Å². The molecule has 1 saturated heterocycles. The molecule has 140 valence electrons. The number of benzene rings is 1. The minimum Gasteiger partial charge on any atom is -0.375 e. The summed E-state index contributed by atoms with van der Waals surface area (Å²) in [6.07, 6.45) is 5.54. The van der Waals surface area contributed by atoms with Crippen molar-refractivity contribution >= 4 is 23.1 Å². The molecule has 27 heavy (non-hydrogen) atoms. The van der Waals surface area contributed by atoms with E-state index >= 15 is 0 Å². The first-order valence-corrected chi connectivity index (χ1v) is 9.77. The Kier molecular flexibility index (Phi) is 5.28. The van der Waals surface area contributed by atoms with Crippen LogP contribution in [0.25, 0.3) is 5.57 Å². The van der Waals surface area contributed by atoms with Gasteiger partial charge in [-0.1, -0.05) is 29.3 Å². The number of amides is 1. The zero-order valence-corrected chi connectivity index (χ0v) is 16.3. The summed E-state index contributed by atoms with van der Waals surface area (Å²) < 4.78 is 4.99. The molecule has 2 heterocycles. The van der Waals surface area contributed by atoms with E-state index in [1.54, 1.807) is 7.11 Å². The molecule has 0 radical (unpaired) electrons. The number of methoxy groups -OCH3 is 1. The summed E-state index contributed by atoms with van der Waals surface area (Å²) >= 11 is 6.35. The van der Waals surface area contributed by atoms with Crippen LogP contribution >= 0.6 is 11.6 Å². The van der Waals surface area contributed by atoms with Crippen LogP contribution in [0.2, 0.25) is 5.02 Å². The summed E-state index contributed by atoms with van der Waals surface area (Å²) in [4.78, 5) is 18.8. The van der Waals surface area contributed by atoms with Gasteiger partial charge in [0, 0.05) is 37.0 Å². The molecule has 4 nitrogen and oxygen atoms in total. The van der Waals surface area contributed by atoms with E-state index in [1.165, 1.54) is 27.8 Å². The molecule has 0 spiro atoms. The number of likely N-dealkylation sites (tertiary alicyclic amines) is 1. The third-order valence-electron chi connectivity index (χ3n) is 5.47. The number of halogens is 1. The normalized spacial score (nSPS) is 16.6. The topological polar surface area (TPSA) is 42.4 Å². The number of carbonyl (C=O) groups excluding carboxylic acids is 1. The fourth-order valence-electron chi connectivity index (χ4n) is 4.11. The standard InChI is InChI=1S/C22H23ClN2O2/c1-27-14-20(26)25-11-8-16(9-12-25)21-19-13-18(23)7-6-15(19)4-5-17-3-2-10-24-22(17)21/h2-3,6-7,10,13H,4-5,8-9,11-12,14H2,1H3. The summed E-state index contributed by atoms with van der Waals surface area (Å²) in [6, 6.07) is 10.4. The lowest BCUT2D eigenvalue weighted by Gasteiger charge is -2.30. The van der Waals surface area contributed by atoms with Crippen LogP contribution in [0.5, 0.6) is 0 Å². The van der Waals surface area contributed by atoms with Gasteiger partial charge in [-0.3, -0.25) is 9.78 Å². The van der Waals surface area contributed by atoms with E-state index in [4.69, 9.17) is 21.3 Å². The Bertz CT molecular complexity index is 897. The van der Waals surface area contributed by atoms with E-state index in [9.17, 15) is 4.79 Å². The van der Waals surface area contributed by atoms with Crippen molar-refractivity contribution in [1.29, 1.82) is 0 Å². The second kappa shape index (κ2) is 7.83. The SMILES string of the molecule is COCC(=O)N1CCC(=C2c3cc(Cl)ccc3CCc3cccnc32)CC1. The lowest BCUT2D eigenvalue weighted by Crippen LogP contribution is -2.38. The molecule has 1 amide bonds. The zero-order valence-electron chi connectivity index (χ0n) is 15.5. The van der Waals surface area contributed by atoms with Gasteiger partial charge in [0.1, 0.15) is 6.61 Å². The first-order valence-electron chi connectivity index (χ1n) is 9.39. The molecular weight excluding hydrogens is 360 g/mol. The van der Waals surface area contributed by atoms with Crippen LogP contribution in [-0.2, 0) is 22.4 Å². The predicted molar refractivity (Wildman–Crippen MR) is 107 cm³/mol. The molecule has 0 atom stereocenters. The largest absolute Gasteiger partial charge is 0.375 e. The third kappa shape index (κ3) is 3.64. The molecule has 4 rings (SSSR count). The number of pyridine rings is 1. The lowest BCUT2D eigenvalue weighted by atomic mass is 9.88. The van der Waals surface area contributed by atoms with E-state index in [0.717, 1.165) is 49.5 Å². The average molecular weight is 383 g/mol. The molecule has 1 aliphatic carbocycles. The summed E-state index contributed by atoms with van der Waals surface area (Å²) in [5, 5.41) is 0.749. The molecule has 2 aromatic rings. The van der Waals surface area contributed by atoms with Crippen molar-refractivity contribution in [3.8, 4) is 0 Å². The van der Waals surface area contributed by atoms with Gasteiger partial charge in [-0.25, -0.2) is 0 Å². The third-order valence-corrected chi connectivity index (χ3v) is 5.71. The molecule has 2 aliphatic rings. The van der Waals surface area contributed by atoms with Crippen molar-refractivity contribution in [3.63, 3.8) is 0 Å². The maximum Gasteiger partial charge on any atom is 0.248 e. The molecule has 1 fully saturated rings. The summed E-state index contributed by atoms with van der Waals surface area (Å²) in [5.74, 6) is 0.0596. The van der Waals surface area contributed by atoms with Gasteiger partial charge in [0.2, 0.25) is 5.91 Å². The molecule has 0 unspecified atom stereocenters. The summed E-state index contributed by atoms with van der Waals surface area (Å²) in [7, 11) is 1.56. The second-order valence-corrected chi connectivity index (χ2v) is 7.54. The number of fused-ring (bicyclic) bond motifs is 2. The van der Waals surface area contributed by atoms with E-state index in [-0.39, 0.29) is 12.5 Å². The van der Waals surface area contributed by atoms with Crippen LogP contribution in [0.4, 0.5) is 0 Å². The number of aromatic nitrogens is 1. The first-order chi connectivity index (χ1) is 13.2. The highest BCUT2D eigenvalue weighted by atomic mass is 35.5. The fourth-order valence-corrected chi connectivity index (χ4v) is 4.28. The van der Waals surface area contributed by atoms with Gasteiger partial charge in [0.25, 0.3) is 0 Å². The van der Waals surface area contributed by atoms with Crippen molar-refractivity contribution in [2.45, 2.75) is 25.7 Å². The van der Waals surface area contributed by atoms with Crippen LogP contribution in [0.1, 0.15) is 35.2 Å². The molecule has 0 bridgehead atoms. The Morgan fingerprint density at radius 2 is 1.93 bits per heavy atom. The number of hydrogen-bond acceptors (Lipinski definition) is 3. The number of nitrogens with zero attached hydrogens (tertiary/aromatic N) is 2. The van der Waals surface area contributed by atoms with Crippen LogP contribution in [0.3, 0.4) is 0 Å². The van der Waals surface area contributed by atoms with Crippen LogP contribution < -0.4 is 0 Å². The minimum atomic E-state index is 0.0596. The predicted octanol–water partition coefficient (Wildman–Crippen LogP) is 3.90. The minimum absolute atomic E-state index is 0.0596. The van der Waals surface area contributed by atoms with Crippen molar-refractivity contribution < 1.29 is 9.53 Å². The maximum atomic E-state index is 12.1. The van der Waals surface area contributed by atoms with Crippen LogP contribution in [0.15, 0.2) is 42.1 Å². The van der Waals surface area contributed by atoms with Crippen LogP contribution in [0, 0.1) is 0 Å². The molecule has 5 heteroatoms.